The molecule has 2 heterocycles. The second-order valence-electron chi connectivity index (χ2n) is 9.51. The summed E-state index contributed by atoms with van der Waals surface area (Å²) in [6.07, 6.45) is -3.00. The fraction of sp³-hybridized carbons (Fsp3) is 0.250. The van der Waals surface area contributed by atoms with Gasteiger partial charge in [-0.05, 0) is 64.5 Å². The average Bonchev–Trinajstić information content (AvgIpc) is 3.31. The van der Waals surface area contributed by atoms with Crippen molar-refractivity contribution >= 4 is 49.3 Å². The molecule has 222 valence electrons. The van der Waals surface area contributed by atoms with Gasteiger partial charge < -0.3 is 20.5 Å². The van der Waals surface area contributed by atoms with Crippen molar-refractivity contribution in [3.63, 3.8) is 0 Å². The lowest BCUT2D eigenvalue weighted by Crippen LogP contribution is -2.42. The van der Waals surface area contributed by atoms with E-state index in [1.165, 1.54) is 11.4 Å². The molecule has 4 aromatic rings. The molecule has 0 radical (unpaired) electrons. The smallest absolute Gasteiger partial charge is 0.490 e. The minimum absolute atomic E-state index is 0.143. The van der Waals surface area contributed by atoms with E-state index in [9.17, 15) is 26.4 Å². The number of aromatic nitrogens is 1. The number of sulfonamides is 1. The summed E-state index contributed by atoms with van der Waals surface area (Å²) in [6, 6.07) is 17.4. The third-order valence-corrected chi connectivity index (χ3v) is 8.74. The van der Waals surface area contributed by atoms with E-state index in [0.717, 1.165) is 27.1 Å². The minimum atomic E-state index is -5.08. The molecule has 0 unspecified atom stereocenters. The molecule has 14 heteroatoms. The van der Waals surface area contributed by atoms with Gasteiger partial charge in [-0.3, -0.25) is 4.79 Å². The number of nitrogens with two attached hydrogens (primary N) is 1. The molecule has 0 bridgehead atoms. The highest BCUT2D eigenvalue weighted by molar-refractivity contribution is 7.89. The molecular weight excluding hydrogens is 577 g/mol. The number of hydrogen-bond acceptors (Lipinski definition) is 7. The van der Waals surface area contributed by atoms with Crippen molar-refractivity contribution < 1.29 is 41.0 Å². The van der Waals surface area contributed by atoms with Crippen LogP contribution in [-0.2, 0) is 26.2 Å². The van der Waals surface area contributed by atoms with E-state index >= 15 is 0 Å². The summed E-state index contributed by atoms with van der Waals surface area (Å²) in [7, 11) is -0.839. The van der Waals surface area contributed by atoms with Crippen LogP contribution in [0.15, 0.2) is 71.8 Å². The van der Waals surface area contributed by atoms with Crippen LogP contribution in [0.25, 0.3) is 21.5 Å². The number of alkyl halides is 3. The molecule has 5 rings (SSSR count). The Kier molecular flexibility index (Phi) is 8.59. The Morgan fingerprint density at radius 1 is 1.10 bits per heavy atom. The van der Waals surface area contributed by atoms with Gasteiger partial charge in [0.05, 0.1) is 12.0 Å². The van der Waals surface area contributed by atoms with Crippen molar-refractivity contribution in [3.05, 3.63) is 72.4 Å². The molecule has 42 heavy (non-hydrogen) atoms. The van der Waals surface area contributed by atoms with Crippen LogP contribution in [0.4, 0.5) is 19.0 Å². The fourth-order valence-electron chi connectivity index (χ4n) is 4.60. The van der Waals surface area contributed by atoms with Crippen LogP contribution in [0.3, 0.4) is 0 Å². The molecule has 1 atom stereocenters. The van der Waals surface area contributed by atoms with Crippen molar-refractivity contribution in [1.82, 2.24) is 14.2 Å². The quantitative estimate of drug-likeness (QED) is 0.336. The summed E-state index contributed by atoms with van der Waals surface area (Å²) in [4.78, 5) is 28.1. The first-order valence-corrected chi connectivity index (χ1v) is 13.9. The molecule has 3 aromatic carbocycles. The maximum absolute atomic E-state index is 13.4. The summed E-state index contributed by atoms with van der Waals surface area (Å²) in [5, 5.41) is 10.6. The van der Waals surface area contributed by atoms with Gasteiger partial charge in [0.25, 0.3) is 0 Å². The van der Waals surface area contributed by atoms with Gasteiger partial charge in [-0.1, -0.05) is 24.3 Å². The molecule has 10 nitrogen and oxygen atoms in total. The molecule has 0 saturated carbocycles. The molecule has 1 aromatic heterocycles. The van der Waals surface area contributed by atoms with E-state index in [1.807, 2.05) is 36.4 Å². The van der Waals surface area contributed by atoms with Crippen LogP contribution in [0, 0.1) is 0 Å². The summed E-state index contributed by atoms with van der Waals surface area (Å²) in [6.45, 7) is 0.849. The number of ether oxygens (including phenoxy) is 1. The number of likely N-dealkylation sites (N-methyl/N-ethyl adjacent to an activating group) is 1. The zero-order valence-electron chi connectivity index (χ0n) is 22.5. The van der Waals surface area contributed by atoms with Crippen LogP contribution in [0.2, 0.25) is 0 Å². The van der Waals surface area contributed by atoms with Gasteiger partial charge in [0, 0.05) is 31.7 Å². The van der Waals surface area contributed by atoms with Gasteiger partial charge in [0.15, 0.2) is 0 Å². The maximum atomic E-state index is 13.4. The van der Waals surface area contributed by atoms with E-state index < -0.39 is 28.2 Å². The summed E-state index contributed by atoms with van der Waals surface area (Å²) < 4.78 is 65.0. The molecule has 1 amide bonds. The number of anilines is 1. The second-order valence-corrected chi connectivity index (χ2v) is 11.5. The van der Waals surface area contributed by atoms with Gasteiger partial charge in [-0.2, -0.15) is 17.5 Å². The third kappa shape index (κ3) is 6.39. The van der Waals surface area contributed by atoms with E-state index in [0.29, 0.717) is 31.1 Å². The zero-order valence-corrected chi connectivity index (χ0v) is 23.3. The Balaban J connectivity index is 0.000000517. The monoisotopic (exact) mass is 604 g/mol. The minimum Gasteiger partial charge on any atom is -0.497 e. The Hall–Kier alpha value is -4.43. The zero-order chi connectivity index (χ0) is 30.8. The lowest BCUT2D eigenvalue weighted by atomic mass is 10.1. The number of likely N-dealkylation sites (tertiary alicyclic amines) is 1. The topological polar surface area (TPSA) is 143 Å². The number of methoxy groups -OCH3 is 1. The third-order valence-electron chi connectivity index (χ3n) is 6.88. The number of hydrogen-bond donors (Lipinski definition) is 2. The predicted molar refractivity (Wildman–Crippen MR) is 149 cm³/mol. The number of pyridine rings is 1. The van der Waals surface area contributed by atoms with E-state index in [2.05, 4.69) is 4.98 Å². The molecular formula is C28H27F3N4O6S. The van der Waals surface area contributed by atoms with Crippen molar-refractivity contribution in [3.8, 4) is 5.75 Å². The van der Waals surface area contributed by atoms with Crippen molar-refractivity contribution in [1.29, 1.82) is 0 Å². The van der Waals surface area contributed by atoms with E-state index in [-0.39, 0.29) is 10.8 Å². The second kappa shape index (κ2) is 11.8. The van der Waals surface area contributed by atoms with Crippen molar-refractivity contribution in [2.24, 2.45) is 0 Å². The number of benzene rings is 3. The summed E-state index contributed by atoms with van der Waals surface area (Å²) in [5.74, 6) is -1.88. The number of carboxylic acid groups (broad SMARTS) is 1. The van der Waals surface area contributed by atoms with E-state index in [1.54, 1.807) is 42.5 Å². The highest BCUT2D eigenvalue weighted by atomic mass is 32.2. The first-order valence-electron chi connectivity index (χ1n) is 12.5. The van der Waals surface area contributed by atoms with Gasteiger partial charge in [-0.15, -0.1) is 0 Å². The normalized spacial score (nSPS) is 15.6. The number of aliphatic carboxylic acids is 1. The fourth-order valence-corrected chi connectivity index (χ4v) is 5.98. The van der Waals surface area contributed by atoms with Crippen molar-refractivity contribution in [2.75, 3.05) is 26.4 Å². The van der Waals surface area contributed by atoms with Crippen LogP contribution in [0.5, 0.6) is 5.75 Å². The molecule has 1 fully saturated rings. The number of nitrogen functional groups attached to an aromatic ring is 1. The Morgan fingerprint density at radius 3 is 2.43 bits per heavy atom. The highest BCUT2D eigenvalue weighted by Crippen LogP contribution is 2.29. The Labute approximate surface area is 239 Å². The molecule has 1 aliphatic rings. The Morgan fingerprint density at radius 2 is 1.76 bits per heavy atom. The van der Waals surface area contributed by atoms with Gasteiger partial charge in [-0.25, -0.2) is 18.2 Å². The largest absolute Gasteiger partial charge is 0.497 e. The number of carbonyl (C=O) groups excluding carboxylic acids is 1. The molecule has 1 aliphatic heterocycles. The molecule has 0 spiro atoms. The van der Waals surface area contributed by atoms with Crippen LogP contribution >= 0.6 is 0 Å². The first-order chi connectivity index (χ1) is 19.7. The highest BCUT2D eigenvalue weighted by Gasteiger charge is 2.40. The Bertz CT molecular complexity index is 1760. The van der Waals surface area contributed by atoms with Crippen LogP contribution in [0.1, 0.15) is 12.0 Å². The summed E-state index contributed by atoms with van der Waals surface area (Å²) >= 11 is 0. The average molecular weight is 605 g/mol. The molecule has 3 N–H and O–H groups in total. The van der Waals surface area contributed by atoms with E-state index in [4.69, 9.17) is 20.4 Å². The number of carboxylic acids is 1. The number of carbonyl (C=O) groups is 2. The molecule has 1 saturated heterocycles. The van der Waals surface area contributed by atoms with Gasteiger partial charge in [0.1, 0.15) is 17.6 Å². The lowest BCUT2D eigenvalue weighted by Gasteiger charge is -2.24. The standard InChI is InChI=1S/C26H26N4O4S.C2HF3O2/c1-29(35(32,33)22-8-6-18-5-7-21(34-2)14-20(18)15-22)24-10-12-30(26(24)31)16-17-3-4-19-9-11-28-25(27)23(19)13-17;3-2(4,5)1(6)7/h3-9,11,13-15,24H,10,12,16H2,1-2H3,(H2,27,28);(H,6,7)/t24-;/m1./s1. The number of nitrogens with zero attached hydrogens (tertiary/aromatic N) is 3. The summed E-state index contributed by atoms with van der Waals surface area (Å²) in [5.41, 5.74) is 6.92. The number of amides is 1. The predicted octanol–water partition coefficient (Wildman–Crippen LogP) is 4.03. The molecule has 0 aliphatic carbocycles. The van der Waals surface area contributed by atoms with Crippen molar-refractivity contribution in [2.45, 2.75) is 30.1 Å². The SMILES string of the molecule is COc1ccc2ccc(S(=O)(=O)N(C)[C@@H]3CCN(Cc4ccc5ccnc(N)c5c4)C3=O)cc2c1.O=C(O)C(F)(F)F. The lowest BCUT2D eigenvalue weighted by molar-refractivity contribution is -0.192. The maximum Gasteiger partial charge on any atom is 0.490 e. The number of rotatable bonds is 6. The van der Waals surface area contributed by atoms with Crippen LogP contribution < -0.4 is 10.5 Å². The van der Waals surface area contributed by atoms with Gasteiger partial charge >= 0.3 is 12.1 Å². The number of halogens is 3. The van der Waals surface area contributed by atoms with Gasteiger partial charge in [0.2, 0.25) is 15.9 Å². The number of fused-ring (bicyclic) bond motifs is 2. The first kappa shape index (κ1) is 30.5. The van der Waals surface area contributed by atoms with Crippen LogP contribution in [-0.4, -0.2) is 72.5 Å².